The van der Waals surface area contributed by atoms with Crippen molar-refractivity contribution in [2.45, 2.75) is 58.2 Å². The molecule has 38 heavy (non-hydrogen) atoms. The summed E-state index contributed by atoms with van der Waals surface area (Å²) in [7, 11) is 0. The maximum Gasteiger partial charge on any atom is 0.333 e. The number of hydrogen-bond acceptors (Lipinski definition) is 5. The van der Waals surface area contributed by atoms with Crippen molar-refractivity contribution in [2.24, 2.45) is 16.5 Å². The molecule has 1 aromatic carbocycles. The van der Waals surface area contributed by atoms with Crippen molar-refractivity contribution in [1.29, 1.82) is 0 Å². The van der Waals surface area contributed by atoms with E-state index >= 15 is 0 Å². The molecular weight excluding hydrogens is 517 g/mol. The number of nitrogens with two attached hydrogens (primary N) is 2. The van der Waals surface area contributed by atoms with E-state index < -0.39 is 12.4 Å². The smallest absolute Gasteiger partial charge is 0.333 e. The number of rotatable bonds is 6. The van der Waals surface area contributed by atoms with E-state index in [-0.39, 0.29) is 28.6 Å². The van der Waals surface area contributed by atoms with Gasteiger partial charge in [0.25, 0.3) is 0 Å². The molecule has 3 heterocycles. The van der Waals surface area contributed by atoms with Crippen molar-refractivity contribution in [2.75, 3.05) is 5.32 Å². The SMILES string of the molecule is Cc1nn(C(F)F)c(C)c1-c1cc2c(NC3CCC(N)CC3)c(C(N)=Nc3cc(F)ccc3Cl)cnn2c1. The molecule has 5 N–H and O–H groups in total. The molecule has 0 atom stereocenters. The van der Waals surface area contributed by atoms with Gasteiger partial charge < -0.3 is 16.8 Å². The number of aliphatic imine (C=N–C) groups is 1. The Hall–Kier alpha value is -3.57. The molecule has 1 saturated carbocycles. The van der Waals surface area contributed by atoms with Crippen LogP contribution in [0.3, 0.4) is 0 Å². The summed E-state index contributed by atoms with van der Waals surface area (Å²) in [6.07, 6.45) is 6.85. The van der Waals surface area contributed by atoms with E-state index in [9.17, 15) is 13.2 Å². The summed E-state index contributed by atoms with van der Waals surface area (Å²) in [5.41, 5.74) is 16.7. The van der Waals surface area contributed by atoms with Crippen LogP contribution in [0.1, 0.15) is 49.2 Å². The number of anilines is 1. The molecule has 1 aliphatic carbocycles. The van der Waals surface area contributed by atoms with E-state index in [1.807, 2.05) is 6.07 Å². The Kier molecular flexibility index (Phi) is 7.06. The third-order valence-corrected chi connectivity index (χ3v) is 7.30. The van der Waals surface area contributed by atoms with Crippen molar-refractivity contribution in [1.82, 2.24) is 19.4 Å². The van der Waals surface area contributed by atoms with Crippen LogP contribution in [0.25, 0.3) is 16.6 Å². The second kappa shape index (κ2) is 10.3. The van der Waals surface area contributed by atoms with Crippen LogP contribution in [0.15, 0.2) is 41.7 Å². The monoisotopic (exact) mass is 544 g/mol. The van der Waals surface area contributed by atoms with Gasteiger partial charge in [-0.25, -0.2) is 18.6 Å². The predicted octanol–water partition coefficient (Wildman–Crippen LogP) is 5.72. The molecule has 0 saturated heterocycles. The minimum atomic E-state index is -2.75. The van der Waals surface area contributed by atoms with Gasteiger partial charge in [-0.2, -0.15) is 19.0 Å². The maximum atomic E-state index is 13.8. The molecule has 1 fully saturated rings. The zero-order chi connectivity index (χ0) is 27.1. The first-order valence-corrected chi connectivity index (χ1v) is 12.7. The van der Waals surface area contributed by atoms with Crippen molar-refractivity contribution in [3.8, 4) is 11.1 Å². The van der Waals surface area contributed by atoms with Crippen LogP contribution in [0.2, 0.25) is 5.02 Å². The largest absolute Gasteiger partial charge is 0.383 e. The van der Waals surface area contributed by atoms with Gasteiger partial charge in [0.15, 0.2) is 0 Å². The highest BCUT2D eigenvalue weighted by molar-refractivity contribution is 6.33. The van der Waals surface area contributed by atoms with Gasteiger partial charge in [0.05, 0.1) is 39.4 Å². The van der Waals surface area contributed by atoms with Crippen LogP contribution < -0.4 is 16.8 Å². The van der Waals surface area contributed by atoms with E-state index in [4.69, 9.17) is 23.1 Å². The first-order valence-electron chi connectivity index (χ1n) is 12.3. The van der Waals surface area contributed by atoms with Crippen LogP contribution in [0, 0.1) is 19.7 Å². The van der Waals surface area contributed by atoms with E-state index in [1.54, 1.807) is 30.8 Å². The molecule has 5 rings (SSSR count). The molecule has 0 spiro atoms. The summed E-state index contributed by atoms with van der Waals surface area (Å²) >= 11 is 6.22. The van der Waals surface area contributed by atoms with Gasteiger partial charge in [-0.15, -0.1) is 0 Å². The summed E-state index contributed by atoms with van der Waals surface area (Å²) in [5, 5.41) is 12.4. The third kappa shape index (κ3) is 4.95. The molecule has 0 unspecified atom stereocenters. The molecule has 0 bridgehead atoms. The molecule has 0 amide bonds. The van der Waals surface area contributed by atoms with Crippen LogP contribution in [-0.4, -0.2) is 37.3 Å². The van der Waals surface area contributed by atoms with Crippen molar-refractivity contribution in [3.05, 3.63) is 64.5 Å². The fraction of sp³-hybridized carbons (Fsp3) is 0.346. The Morgan fingerprint density at radius 2 is 1.92 bits per heavy atom. The fourth-order valence-corrected chi connectivity index (χ4v) is 5.20. The lowest BCUT2D eigenvalue weighted by Crippen LogP contribution is -2.33. The van der Waals surface area contributed by atoms with Gasteiger partial charge >= 0.3 is 6.55 Å². The Labute approximate surface area is 222 Å². The zero-order valence-corrected chi connectivity index (χ0v) is 21.7. The summed E-state index contributed by atoms with van der Waals surface area (Å²) in [5.74, 6) is -0.388. The summed E-state index contributed by atoms with van der Waals surface area (Å²) in [4.78, 5) is 4.39. The maximum absolute atomic E-state index is 13.8. The first-order chi connectivity index (χ1) is 18.1. The van der Waals surface area contributed by atoms with E-state index in [0.717, 1.165) is 25.7 Å². The number of amidine groups is 1. The molecule has 4 aromatic rings. The Morgan fingerprint density at radius 1 is 1.18 bits per heavy atom. The molecule has 1 aliphatic rings. The highest BCUT2D eigenvalue weighted by atomic mass is 35.5. The second-order valence-electron chi connectivity index (χ2n) is 9.61. The third-order valence-electron chi connectivity index (χ3n) is 6.98. The van der Waals surface area contributed by atoms with Crippen molar-refractivity contribution >= 4 is 34.3 Å². The fourth-order valence-electron chi connectivity index (χ4n) is 5.04. The van der Waals surface area contributed by atoms with E-state index in [2.05, 4.69) is 20.5 Å². The molecule has 0 aliphatic heterocycles. The van der Waals surface area contributed by atoms with Gasteiger partial charge in [0, 0.05) is 41.2 Å². The van der Waals surface area contributed by atoms with Crippen LogP contribution in [0.5, 0.6) is 0 Å². The van der Waals surface area contributed by atoms with Gasteiger partial charge in [-0.3, -0.25) is 0 Å². The second-order valence-corrected chi connectivity index (χ2v) is 10.0. The van der Waals surface area contributed by atoms with Crippen molar-refractivity contribution in [3.63, 3.8) is 0 Å². The van der Waals surface area contributed by atoms with Crippen LogP contribution >= 0.6 is 11.6 Å². The zero-order valence-electron chi connectivity index (χ0n) is 20.9. The van der Waals surface area contributed by atoms with Gasteiger partial charge in [0.1, 0.15) is 11.7 Å². The van der Waals surface area contributed by atoms with E-state index in [1.165, 1.54) is 18.2 Å². The van der Waals surface area contributed by atoms with Gasteiger partial charge in [0.2, 0.25) is 0 Å². The summed E-state index contributed by atoms with van der Waals surface area (Å²) < 4.78 is 43.2. The normalized spacial score (nSPS) is 18.5. The average Bonchev–Trinajstić information content (AvgIpc) is 3.43. The molecule has 12 heteroatoms. The number of fused-ring (bicyclic) bond motifs is 1. The number of nitrogens with one attached hydrogen (secondary N) is 1. The molecule has 0 radical (unpaired) electrons. The Morgan fingerprint density at radius 3 is 2.61 bits per heavy atom. The topological polar surface area (TPSA) is 112 Å². The minimum Gasteiger partial charge on any atom is -0.383 e. The molecule has 3 aromatic heterocycles. The summed E-state index contributed by atoms with van der Waals surface area (Å²) in [6.45, 7) is 0.561. The minimum absolute atomic E-state index is 0.100. The lowest BCUT2D eigenvalue weighted by atomic mass is 9.91. The van der Waals surface area contributed by atoms with Crippen LogP contribution in [-0.2, 0) is 0 Å². The Balaban J connectivity index is 1.64. The number of aromatic nitrogens is 4. The molecular formula is C26H28ClF3N8. The average molecular weight is 545 g/mol. The number of nitrogens with zero attached hydrogens (tertiary/aromatic N) is 5. The lowest BCUT2D eigenvalue weighted by Gasteiger charge is -2.28. The molecule has 8 nitrogen and oxygen atoms in total. The highest BCUT2D eigenvalue weighted by Gasteiger charge is 2.24. The van der Waals surface area contributed by atoms with Gasteiger partial charge in [-0.1, -0.05) is 11.6 Å². The van der Waals surface area contributed by atoms with E-state index in [0.29, 0.717) is 44.0 Å². The lowest BCUT2D eigenvalue weighted by molar-refractivity contribution is 0.0542. The van der Waals surface area contributed by atoms with Crippen LogP contribution in [0.4, 0.5) is 24.5 Å². The quantitative estimate of drug-likeness (QED) is 0.212. The summed E-state index contributed by atoms with van der Waals surface area (Å²) in [6, 6.07) is 6.03. The first kappa shape index (κ1) is 26.1. The standard InChI is InChI=1S/C26H28ClF3N8/c1-13-23(14(2)38(36-13)26(29)30)15-9-22-24(34-18-6-4-17(31)5-7-18)19(11-33-37(22)12-15)25(32)35-21-10-16(28)3-8-20(21)27/h3,8-12,17-18,26,34H,4-7,31H2,1-2H3,(H2,32,35). The number of hydrogen-bond donors (Lipinski definition) is 3. The number of aryl methyl sites for hydroxylation is 1. The Bertz CT molecular complexity index is 1520. The predicted molar refractivity (Wildman–Crippen MR) is 143 cm³/mol. The molecule has 200 valence electrons. The highest BCUT2D eigenvalue weighted by Crippen LogP contribution is 2.35. The number of benzene rings is 1. The van der Waals surface area contributed by atoms with Crippen molar-refractivity contribution < 1.29 is 13.2 Å². The number of halogens is 4. The van der Waals surface area contributed by atoms with Gasteiger partial charge in [-0.05, 0) is 57.7 Å². The number of alkyl halides is 2.